The molecule has 0 fully saturated rings. The monoisotopic (exact) mass is 1360 g/mol. The second-order valence-electron chi connectivity index (χ2n) is 20.9. The van der Waals surface area contributed by atoms with Gasteiger partial charge in [0.2, 0.25) is 23.8 Å². The Morgan fingerprint density at radius 2 is 0.903 bits per heavy atom. The Morgan fingerprint density at radius 1 is 0.441 bits per heavy atom. The van der Waals surface area contributed by atoms with Gasteiger partial charge in [-0.05, 0) is 119 Å². The van der Waals surface area contributed by atoms with E-state index in [4.69, 9.17) is 46.1 Å². The van der Waals surface area contributed by atoms with E-state index in [-0.39, 0.29) is 35.6 Å². The first-order chi connectivity index (χ1) is 44.9. The van der Waals surface area contributed by atoms with Crippen molar-refractivity contribution in [1.82, 2.24) is 0 Å². The zero-order valence-electron chi connectivity index (χ0n) is 49.4. The molecule has 13 nitrogen and oxygen atoms in total. The highest BCUT2D eigenvalue weighted by Gasteiger charge is 2.34. The Labute approximate surface area is 559 Å². The van der Waals surface area contributed by atoms with Crippen molar-refractivity contribution in [3.8, 4) is 0 Å². The first-order valence-electron chi connectivity index (χ1n) is 29.0. The molecular formula is C69H59Cl2F5N12OS4. The summed E-state index contributed by atoms with van der Waals surface area (Å²) in [5, 5.41) is 5.35. The summed E-state index contributed by atoms with van der Waals surface area (Å²) in [7, 11) is -1.38. The van der Waals surface area contributed by atoms with Gasteiger partial charge in [0, 0.05) is 79.3 Å². The van der Waals surface area contributed by atoms with Crippen LogP contribution in [0.2, 0.25) is 10.0 Å². The number of hydrogen-bond acceptors (Lipinski definition) is 8. The quantitative estimate of drug-likeness (QED) is 0.0744. The number of benzene rings is 10. The predicted octanol–water partition coefficient (Wildman–Crippen LogP) is 16.9. The minimum atomic E-state index is -4.50. The van der Waals surface area contributed by atoms with Crippen LogP contribution in [-0.4, -0.2) is 77.2 Å². The van der Waals surface area contributed by atoms with E-state index in [2.05, 4.69) is 79.5 Å². The molecule has 10 aromatic rings. The van der Waals surface area contributed by atoms with Gasteiger partial charge in [0.15, 0.2) is 11.6 Å². The van der Waals surface area contributed by atoms with Crippen LogP contribution in [0.5, 0.6) is 0 Å². The van der Waals surface area contributed by atoms with Gasteiger partial charge in [-0.25, -0.2) is 28.8 Å². The molecule has 0 saturated carbocycles. The number of aliphatic imine (C=N–C) groups is 4. The van der Waals surface area contributed by atoms with Gasteiger partial charge >= 0.3 is 6.18 Å². The summed E-state index contributed by atoms with van der Waals surface area (Å²) in [5.41, 5.74) is 29.3. The molecule has 8 N–H and O–H groups in total. The fourth-order valence-corrected chi connectivity index (χ4v) is 15.1. The zero-order chi connectivity index (χ0) is 65.2. The maximum Gasteiger partial charge on any atom is 0.416 e. The second kappa shape index (κ2) is 29.9. The van der Waals surface area contributed by atoms with Crippen molar-refractivity contribution in [3.05, 3.63) is 240 Å². The molecule has 93 heavy (non-hydrogen) atoms. The number of nitrogens with two attached hydrogens (primary N) is 4. The normalized spacial score (nSPS) is 15.7. The van der Waals surface area contributed by atoms with Crippen LogP contribution in [-0.2, 0) is 17.0 Å². The molecule has 0 amide bonds. The van der Waals surface area contributed by atoms with Crippen LogP contribution in [0.15, 0.2) is 252 Å². The highest BCUT2D eigenvalue weighted by molar-refractivity contribution is 8.00. The minimum Gasteiger partial charge on any atom is -0.369 e. The molecule has 0 radical (unpaired) electrons. The van der Waals surface area contributed by atoms with Crippen molar-refractivity contribution >= 4 is 160 Å². The van der Waals surface area contributed by atoms with Crippen molar-refractivity contribution in [2.45, 2.75) is 25.8 Å². The molecular weight excluding hydrogens is 1310 g/mol. The maximum absolute atomic E-state index is 13.7. The Hall–Kier alpha value is -8.77. The van der Waals surface area contributed by atoms with E-state index in [0.29, 0.717) is 44.8 Å². The van der Waals surface area contributed by atoms with E-state index in [1.807, 2.05) is 130 Å². The highest BCUT2D eigenvalue weighted by atomic mass is 35.5. The smallest absolute Gasteiger partial charge is 0.369 e. The van der Waals surface area contributed by atoms with Crippen LogP contribution in [0, 0.1) is 11.6 Å². The molecule has 14 rings (SSSR count). The van der Waals surface area contributed by atoms with Crippen molar-refractivity contribution in [2.24, 2.45) is 42.9 Å². The first-order valence-corrected chi connectivity index (χ1v) is 34.1. The van der Waals surface area contributed by atoms with E-state index in [0.717, 1.165) is 87.0 Å². The van der Waals surface area contributed by atoms with Gasteiger partial charge in [0.1, 0.15) is 5.69 Å². The van der Waals surface area contributed by atoms with Crippen LogP contribution in [0.3, 0.4) is 0 Å². The maximum atomic E-state index is 13.7. The average Bonchev–Trinajstić information content (AvgIpc) is 0.834. The zero-order valence-corrected chi connectivity index (χ0v) is 54.2. The van der Waals surface area contributed by atoms with E-state index < -0.39 is 34.2 Å². The summed E-state index contributed by atoms with van der Waals surface area (Å²) in [5.74, 6) is 2.42. The molecule has 4 aliphatic rings. The van der Waals surface area contributed by atoms with E-state index in [9.17, 15) is 26.2 Å². The Morgan fingerprint density at radius 3 is 1.48 bits per heavy atom. The molecule has 0 saturated heterocycles. The number of anilines is 4. The van der Waals surface area contributed by atoms with Gasteiger partial charge < -0.3 is 42.5 Å². The molecule has 0 spiro atoms. The molecule has 1 atom stereocenters. The number of alkyl halides is 3. The third-order valence-electron chi connectivity index (χ3n) is 14.8. The lowest BCUT2D eigenvalue weighted by atomic mass is 10.1. The van der Waals surface area contributed by atoms with Gasteiger partial charge in [-0.2, -0.15) is 13.2 Å². The summed E-state index contributed by atoms with van der Waals surface area (Å²) in [6.07, 6.45) is -4.50. The number of para-hydroxylation sites is 3. The Kier molecular flexibility index (Phi) is 21.1. The topological polar surface area (TPSA) is 184 Å². The third-order valence-corrected chi connectivity index (χ3v) is 19.8. The standard InChI is InChI=1S/C20H16F3N3OS.C19H17N3S.C15H13Cl2N3S.C15H13F2N3S/c21-20(22,23)14-8-9-18-17(12-14)26(10-11-28(18)27)19(24)25-16-7-3-5-13-4-1-2-6-15(13)16;20-19(22-11-12-23-18-8-4-3-7-17(18)22)21-16-10-9-14-5-1-2-6-15(14)13-16;16-10-7-11(17)9-12(8-10)19-15(18)20-5-6-21-14-4-2-1-3-13(14)20;16-10-4-3-5-11(14(10)17)19-15(18)20-8-9-21-13-7-2-1-6-12(13)20/h1-9,12H,10-11H2,(H2,24,25);1-10,13H,11-12H2,(H2,20,21);1-4,7-9H,5-6H2,(H2,18,19);1-7H,8-9H2,(H2,18,19). The molecule has 24 heteroatoms. The number of fused-ring (bicyclic) bond motifs is 6. The number of nitrogens with zero attached hydrogens (tertiary/aromatic N) is 8. The fraction of sp³-hybridized carbons (Fsp3) is 0.130. The van der Waals surface area contributed by atoms with Crippen LogP contribution in [0.4, 0.5) is 67.5 Å². The molecule has 0 aliphatic carbocycles. The second-order valence-corrected chi connectivity index (χ2v) is 26.7. The molecule has 0 aromatic heterocycles. The Balaban J connectivity index is 0.000000128. The summed E-state index contributed by atoms with van der Waals surface area (Å²) in [6.45, 7) is 2.60. The van der Waals surface area contributed by atoms with Crippen LogP contribution in [0.1, 0.15) is 5.56 Å². The van der Waals surface area contributed by atoms with Gasteiger partial charge in [0.25, 0.3) is 0 Å². The third kappa shape index (κ3) is 16.0. The van der Waals surface area contributed by atoms with Gasteiger partial charge in [-0.1, -0.05) is 132 Å². The number of hydrogen-bond donors (Lipinski definition) is 4. The van der Waals surface area contributed by atoms with E-state index in [1.165, 1.54) is 43.7 Å². The summed E-state index contributed by atoms with van der Waals surface area (Å²) in [4.78, 5) is 28.9. The largest absolute Gasteiger partial charge is 0.416 e. The molecule has 474 valence electrons. The molecule has 4 aliphatic heterocycles. The van der Waals surface area contributed by atoms with Crippen molar-refractivity contribution < 1.29 is 26.2 Å². The van der Waals surface area contributed by atoms with Gasteiger partial charge in [-0.15, -0.1) is 35.3 Å². The van der Waals surface area contributed by atoms with Crippen molar-refractivity contribution in [3.63, 3.8) is 0 Å². The van der Waals surface area contributed by atoms with Crippen LogP contribution >= 0.6 is 58.5 Å². The Bertz CT molecular complexity index is 4520. The van der Waals surface area contributed by atoms with Gasteiger partial charge in [-0.3, -0.25) is 4.21 Å². The number of thioether (sulfide) groups is 3. The number of guanidine groups is 4. The van der Waals surface area contributed by atoms with E-state index in [1.54, 1.807) is 36.0 Å². The van der Waals surface area contributed by atoms with E-state index >= 15 is 0 Å². The molecule has 0 bridgehead atoms. The average molecular weight is 1370 g/mol. The minimum absolute atomic E-state index is 0.0635. The lowest BCUT2D eigenvalue weighted by Gasteiger charge is -2.30. The first kappa shape index (κ1) is 65.7. The summed E-state index contributed by atoms with van der Waals surface area (Å²) in [6, 6.07) is 64.2. The lowest BCUT2D eigenvalue weighted by molar-refractivity contribution is -0.137. The van der Waals surface area contributed by atoms with Gasteiger partial charge in [0.05, 0.1) is 61.1 Å². The SMILES string of the molecule is NC(=Nc1cc(Cl)cc(Cl)c1)N1CCSc2ccccc21.NC(=Nc1ccc2ccccc2c1)N1CCSc2ccccc21.NC(=Nc1cccc(F)c1F)N1CCSc2ccccc21.NC(=Nc1cccc2ccccc12)N1CCS(=O)c2ccc(C(F)(F)F)cc21. The molecule has 1 unspecified atom stereocenters. The number of rotatable bonds is 4. The predicted molar refractivity (Wildman–Crippen MR) is 379 cm³/mol. The summed E-state index contributed by atoms with van der Waals surface area (Å²) >= 11 is 17.4. The van der Waals surface area contributed by atoms with Crippen LogP contribution < -0.4 is 42.5 Å². The highest BCUT2D eigenvalue weighted by Crippen LogP contribution is 2.40. The molecule has 4 heterocycles. The lowest BCUT2D eigenvalue weighted by Crippen LogP contribution is -2.43. The molecule has 10 aromatic carbocycles. The van der Waals surface area contributed by atoms with Crippen molar-refractivity contribution in [1.29, 1.82) is 0 Å². The number of halogens is 7. The summed E-state index contributed by atoms with van der Waals surface area (Å²) < 4.78 is 78.6. The van der Waals surface area contributed by atoms with Crippen molar-refractivity contribution in [2.75, 3.05) is 68.8 Å². The fourth-order valence-electron chi connectivity index (χ4n) is 10.4. The van der Waals surface area contributed by atoms with Crippen LogP contribution in [0.25, 0.3) is 21.5 Å².